The third-order valence-electron chi connectivity index (χ3n) is 3.12. The molecule has 0 fully saturated rings. The van der Waals surface area contributed by atoms with E-state index in [0.717, 1.165) is 17.7 Å². The Morgan fingerprint density at radius 3 is 2.56 bits per heavy atom. The Morgan fingerprint density at radius 1 is 1.33 bits per heavy atom. The maximum absolute atomic E-state index is 11.9. The van der Waals surface area contributed by atoms with Crippen molar-refractivity contribution >= 4 is 5.97 Å². The van der Waals surface area contributed by atoms with Gasteiger partial charge in [0.25, 0.3) is 0 Å². The molecule has 0 bridgehead atoms. The number of carbonyl (C=O) groups excluding carboxylic acids is 1. The van der Waals surface area contributed by atoms with Crippen molar-refractivity contribution in [2.45, 2.75) is 33.7 Å². The number of rotatable bonds is 5. The Hall–Kier alpha value is -1.35. The van der Waals surface area contributed by atoms with Gasteiger partial charge in [-0.3, -0.25) is 0 Å². The van der Waals surface area contributed by atoms with Crippen molar-refractivity contribution in [2.75, 3.05) is 13.7 Å². The second kappa shape index (κ2) is 6.55. The minimum Gasteiger partial charge on any atom is -0.468 e. The van der Waals surface area contributed by atoms with E-state index >= 15 is 0 Å². The Labute approximate surface area is 110 Å². The molecule has 0 spiro atoms. The first-order chi connectivity index (χ1) is 8.47. The van der Waals surface area contributed by atoms with Gasteiger partial charge in [0, 0.05) is 0 Å². The van der Waals surface area contributed by atoms with E-state index in [9.17, 15) is 4.79 Å². The highest BCUT2D eigenvalue weighted by molar-refractivity contribution is 5.78. The Balaban J connectivity index is 3.01. The Kier molecular flexibility index (Phi) is 5.35. The van der Waals surface area contributed by atoms with E-state index in [1.807, 2.05) is 19.1 Å². The third-order valence-corrected chi connectivity index (χ3v) is 3.12. The van der Waals surface area contributed by atoms with Crippen LogP contribution in [0.2, 0.25) is 0 Å². The van der Waals surface area contributed by atoms with Crippen LogP contribution in [0.5, 0.6) is 0 Å². The van der Waals surface area contributed by atoms with Crippen LogP contribution in [0.1, 0.15) is 36.6 Å². The summed E-state index contributed by atoms with van der Waals surface area (Å²) in [6, 6.07) is 5.63. The molecule has 0 aliphatic rings. The van der Waals surface area contributed by atoms with Crippen LogP contribution in [-0.4, -0.2) is 19.6 Å². The van der Waals surface area contributed by atoms with E-state index in [-0.39, 0.29) is 12.0 Å². The minimum atomic E-state index is -0.378. The van der Waals surface area contributed by atoms with Gasteiger partial charge in [-0.1, -0.05) is 32.0 Å². The molecule has 1 aromatic carbocycles. The molecule has 1 aromatic rings. The summed E-state index contributed by atoms with van der Waals surface area (Å²) in [5.74, 6) is 0.256. The van der Waals surface area contributed by atoms with Crippen molar-refractivity contribution in [1.82, 2.24) is 5.32 Å². The van der Waals surface area contributed by atoms with Crippen LogP contribution in [0, 0.1) is 19.8 Å². The molecule has 0 saturated heterocycles. The van der Waals surface area contributed by atoms with Crippen LogP contribution in [0.15, 0.2) is 18.2 Å². The lowest BCUT2D eigenvalue weighted by atomic mass is 9.97. The van der Waals surface area contributed by atoms with E-state index in [2.05, 4.69) is 32.2 Å². The average Bonchev–Trinajstić information content (AvgIpc) is 2.33. The van der Waals surface area contributed by atoms with Gasteiger partial charge in [-0.15, -0.1) is 0 Å². The molecule has 1 unspecified atom stereocenters. The van der Waals surface area contributed by atoms with Crippen molar-refractivity contribution in [3.63, 3.8) is 0 Å². The number of ether oxygens (including phenoxy) is 1. The average molecular weight is 249 g/mol. The van der Waals surface area contributed by atoms with E-state index < -0.39 is 0 Å². The molecule has 0 saturated carbocycles. The van der Waals surface area contributed by atoms with Gasteiger partial charge in [-0.25, -0.2) is 4.79 Å². The summed E-state index contributed by atoms with van der Waals surface area (Å²) in [4.78, 5) is 11.9. The molecule has 1 N–H and O–H groups in total. The first-order valence-corrected chi connectivity index (χ1v) is 6.34. The lowest BCUT2D eigenvalue weighted by Gasteiger charge is -2.20. The van der Waals surface area contributed by atoms with Crippen LogP contribution < -0.4 is 5.32 Å². The summed E-state index contributed by atoms with van der Waals surface area (Å²) in [7, 11) is 1.43. The molecule has 3 nitrogen and oxygen atoms in total. The molecule has 100 valence electrons. The number of hydrogen-bond acceptors (Lipinski definition) is 3. The van der Waals surface area contributed by atoms with Crippen molar-refractivity contribution < 1.29 is 9.53 Å². The monoisotopic (exact) mass is 249 g/mol. The molecule has 0 radical (unpaired) electrons. The first kappa shape index (κ1) is 14.7. The summed E-state index contributed by atoms with van der Waals surface area (Å²) >= 11 is 0. The lowest BCUT2D eigenvalue weighted by Crippen LogP contribution is -2.32. The number of hydrogen-bond donors (Lipinski definition) is 1. The summed E-state index contributed by atoms with van der Waals surface area (Å²) in [5.41, 5.74) is 3.33. The standard InChI is InChI=1S/C15H23NO2/c1-10(2)9-16-14(15(17)18-5)13-8-6-7-11(3)12(13)4/h6-8,10,14,16H,9H2,1-5H3. The Bertz CT molecular complexity index is 413. The van der Waals surface area contributed by atoms with Crippen LogP contribution in [0.4, 0.5) is 0 Å². The zero-order chi connectivity index (χ0) is 13.7. The Morgan fingerprint density at radius 2 is 2.00 bits per heavy atom. The summed E-state index contributed by atoms with van der Waals surface area (Å²) in [6.45, 7) is 9.11. The van der Waals surface area contributed by atoms with Crippen LogP contribution in [0.25, 0.3) is 0 Å². The van der Waals surface area contributed by atoms with Gasteiger partial charge < -0.3 is 10.1 Å². The number of esters is 1. The molecule has 0 aromatic heterocycles. The second-order valence-corrected chi connectivity index (χ2v) is 5.05. The fraction of sp³-hybridized carbons (Fsp3) is 0.533. The lowest BCUT2D eigenvalue weighted by molar-refractivity contribution is -0.143. The van der Waals surface area contributed by atoms with Gasteiger partial charge in [0.1, 0.15) is 6.04 Å². The fourth-order valence-corrected chi connectivity index (χ4v) is 1.88. The highest BCUT2D eigenvalue weighted by Gasteiger charge is 2.23. The molecule has 18 heavy (non-hydrogen) atoms. The number of benzene rings is 1. The predicted molar refractivity (Wildman–Crippen MR) is 73.5 cm³/mol. The molecule has 0 aliphatic carbocycles. The number of nitrogens with one attached hydrogen (secondary N) is 1. The minimum absolute atomic E-state index is 0.232. The van der Waals surface area contributed by atoms with Crippen molar-refractivity contribution in [2.24, 2.45) is 5.92 Å². The van der Waals surface area contributed by atoms with Gasteiger partial charge in [0.15, 0.2) is 0 Å². The van der Waals surface area contributed by atoms with Crippen LogP contribution in [-0.2, 0) is 9.53 Å². The molecule has 0 amide bonds. The first-order valence-electron chi connectivity index (χ1n) is 6.34. The normalized spacial score (nSPS) is 12.6. The van der Waals surface area contributed by atoms with Gasteiger partial charge in [0.05, 0.1) is 7.11 Å². The largest absolute Gasteiger partial charge is 0.468 e. The summed E-state index contributed by atoms with van der Waals surface area (Å²) in [6.07, 6.45) is 0. The number of carbonyl (C=O) groups is 1. The van der Waals surface area contributed by atoms with Gasteiger partial charge in [-0.05, 0) is 43.0 Å². The smallest absolute Gasteiger partial charge is 0.327 e. The molecule has 0 aliphatic heterocycles. The molecule has 1 rings (SSSR count). The molecular formula is C15H23NO2. The van der Waals surface area contributed by atoms with E-state index in [4.69, 9.17) is 4.74 Å². The van der Waals surface area contributed by atoms with E-state index in [1.165, 1.54) is 12.7 Å². The highest BCUT2D eigenvalue weighted by Crippen LogP contribution is 2.21. The fourth-order valence-electron chi connectivity index (χ4n) is 1.88. The predicted octanol–water partition coefficient (Wildman–Crippen LogP) is 2.76. The zero-order valence-corrected chi connectivity index (χ0v) is 11.9. The van der Waals surface area contributed by atoms with Gasteiger partial charge in [0.2, 0.25) is 0 Å². The molecular weight excluding hydrogens is 226 g/mol. The van der Waals surface area contributed by atoms with Crippen molar-refractivity contribution in [1.29, 1.82) is 0 Å². The summed E-state index contributed by atoms with van der Waals surface area (Å²) in [5, 5.41) is 3.28. The third kappa shape index (κ3) is 3.57. The van der Waals surface area contributed by atoms with Crippen molar-refractivity contribution in [3.05, 3.63) is 34.9 Å². The van der Waals surface area contributed by atoms with Gasteiger partial charge in [-0.2, -0.15) is 0 Å². The SMILES string of the molecule is COC(=O)C(NCC(C)C)c1cccc(C)c1C. The molecule has 3 heteroatoms. The van der Waals surface area contributed by atoms with E-state index in [1.54, 1.807) is 0 Å². The second-order valence-electron chi connectivity index (χ2n) is 5.05. The quantitative estimate of drug-likeness (QED) is 0.815. The highest BCUT2D eigenvalue weighted by atomic mass is 16.5. The maximum atomic E-state index is 11.9. The topological polar surface area (TPSA) is 38.3 Å². The maximum Gasteiger partial charge on any atom is 0.327 e. The van der Waals surface area contributed by atoms with E-state index in [0.29, 0.717) is 5.92 Å². The van der Waals surface area contributed by atoms with Crippen molar-refractivity contribution in [3.8, 4) is 0 Å². The summed E-state index contributed by atoms with van der Waals surface area (Å²) < 4.78 is 4.89. The molecule has 0 heterocycles. The van der Waals surface area contributed by atoms with Crippen LogP contribution >= 0.6 is 0 Å². The number of methoxy groups -OCH3 is 1. The zero-order valence-electron chi connectivity index (χ0n) is 11.9. The molecule has 1 atom stereocenters. The van der Waals surface area contributed by atoms with Gasteiger partial charge >= 0.3 is 5.97 Å². The van der Waals surface area contributed by atoms with Crippen LogP contribution in [0.3, 0.4) is 0 Å². The number of aryl methyl sites for hydroxylation is 1.